The first-order valence-corrected chi connectivity index (χ1v) is 7.11. The van der Waals surface area contributed by atoms with Crippen molar-refractivity contribution in [1.82, 2.24) is 0 Å². The highest BCUT2D eigenvalue weighted by atomic mass is 79.9. The summed E-state index contributed by atoms with van der Waals surface area (Å²) in [5.74, 6) is 0.742. The summed E-state index contributed by atoms with van der Waals surface area (Å²) < 4.78 is 7.30. The minimum Gasteiger partial charge on any atom is -0.380 e. The van der Waals surface area contributed by atoms with E-state index in [1.54, 1.807) is 0 Å². The summed E-state index contributed by atoms with van der Waals surface area (Å²) in [5, 5.41) is 0. The lowest BCUT2D eigenvalue weighted by Crippen LogP contribution is -2.18. The molecule has 0 spiro atoms. The van der Waals surface area contributed by atoms with Crippen LogP contribution in [0.25, 0.3) is 0 Å². The van der Waals surface area contributed by atoms with Crippen LogP contribution in [0.1, 0.15) is 16.1 Å². The standard InChI is InChI=1S/C10H8Br2O2S/c11-6-1-7(15-9(6)12)8(13)10-2-5(10)3-14-4-10/h1,5H,2-4H2. The van der Waals surface area contributed by atoms with Crippen LogP contribution in [0.15, 0.2) is 14.3 Å². The third-order valence-corrected chi connectivity index (χ3v) is 6.49. The number of ether oxygens (including phenoxy) is 1. The van der Waals surface area contributed by atoms with Crippen LogP contribution in [0.2, 0.25) is 0 Å². The van der Waals surface area contributed by atoms with E-state index in [2.05, 4.69) is 31.9 Å². The fraction of sp³-hybridized carbons (Fsp3) is 0.500. The van der Waals surface area contributed by atoms with Crippen molar-refractivity contribution in [3.05, 3.63) is 19.2 Å². The topological polar surface area (TPSA) is 26.3 Å². The maximum atomic E-state index is 12.3. The minimum atomic E-state index is -0.163. The normalized spacial score (nSPS) is 32.8. The molecule has 1 aliphatic heterocycles. The molecule has 1 aromatic rings. The van der Waals surface area contributed by atoms with Gasteiger partial charge < -0.3 is 4.74 Å². The predicted molar refractivity (Wildman–Crippen MR) is 65.4 cm³/mol. The van der Waals surface area contributed by atoms with Crippen LogP contribution in [-0.4, -0.2) is 19.0 Å². The van der Waals surface area contributed by atoms with E-state index >= 15 is 0 Å². The molecule has 1 saturated carbocycles. The Labute approximate surface area is 108 Å². The number of Topliss-reactive ketones (excluding diaryl/α,β-unsaturated/α-hetero) is 1. The number of halogens is 2. The molecule has 5 heteroatoms. The zero-order chi connectivity index (χ0) is 10.6. The number of carbonyl (C=O) groups excluding carboxylic acids is 1. The summed E-state index contributed by atoms with van der Waals surface area (Å²) in [6.07, 6.45) is 1.01. The Kier molecular flexibility index (Phi) is 2.36. The number of hydrogen-bond donors (Lipinski definition) is 0. The Morgan fingerprint density at radius 1 is 1.60 bits per heavy atom. The third-order valence-electron chi connectivity index (χ3n) is 3.23. The van der Waals surface area contributed by atoms with Gasteiger partial charge in [0.15, 0.2) is 5.78 Å². The van der Waals surface area contributed by atoms with Gasteiger partial charge >= 0.3 is 0 Å². The zero-order valence-electron chi connectivity index (χ0n) is 7.76. The first kappa shape index (κ1) is 10.4. The van der Waals surface area contributed by atoms with Gasteiger partial charge in [-0.15, -0.1) is 11.3 Å². The van der Waals surface area contributed by atoms with Crippen LogP contribution in [0.3, 0.4) is 0 Å². The van der Waals surface area contributed by atoms with Crippen molar-refractivity contribution in [3.63, 3.8) is 0 Å². The first-order chi connectivity index (χ1) is 7.13. The highest BCUT2D eigenvalue weighted by molar-refractivity contribution is 9.13. The van der Waals surface area contributed by atoms with Gasteiger partial charge in [-0.2, -0.15) is 0 Å². The molecule has 0 N–H and O–H groups in total. The summed E-state index contributed by atoms with van der Waals surface area (Å²) >= 11 is 8.32. The molecule has 0 aromatic carbocycles. The van der Waals surface area contributed by atoms with Gasteiger partial charge in [-0.1, -0.05) is 0 Å². The molecule has 1 aromatic heterocycles. The van der Waals surface area contributed by atoms with E-state index in [0.717, 1.165) is 26.2 Å². The molecule has 2 heterocycles. The lowest BCUT2D eigenvalue weighted by atomic mass is 9.99. The van der Waals surface area contributed by atoms with Crippen molar-refractivity contribution in [2.45, 2.75) is 6.42 Å². The molecule has 0 bridgehead atoms. The molecule has 3 rings (SSSR count). The van der Waals surface area contributed by atoms with Crippen LogP contribution >= 0.6 is 43.2 Å². The minimum absolute atomic E-state index is 0.163. The smallest absolute Gasteiger partial charge is 0.181 e. The van der Waals surface area contributed by atoms with Gasteiger partial charge in [-0.25, -0.2) is 0 Å². The van der Waals surface area contributed by atoms with E-state index < -0.39 is 0 Å². The van der Waals surface area contributed by atoms with Crippen molar-refractivity contribution in [1.29, 1.82) is 0 Å². The Morgan fingerprint density at radius 3 is 2.87 bits per heavy atom. The first-order valence-electron chi connectivity index (χ1n) is 4.71. The molecule has 2 fully saturated rings. The van der Waals surface area contributed by atoms with E-state index in [9.17, 15) is 4.79 Å². The number of thiophene rings is 1. The summed E-state index contributed by atoms with van der Waals surface area (Å²) in [6, 6.07) is 1.90. The lowest BCUT2D eigenvalue weighted by molar-refractivity contribution is 0.0833. The summed E-state index contributed by atoms with van der Waals surface area (Å²) in [7, 11) is 0. The number of hydrogen-bond acceptors (Lipinski definition) is 3. The molecule has 1 aliphatic carbocycles. The van der Waals surface area contributed by atoms with Gasteiger partial charge in [0.05, 0.1) is 27.3 Å². The van der Waals surface area contributed by atoms with Gasteiger partial charge in [0.2, 0.25) is 0 Å². The third kappa shape index (κ3) is 1.47. The Balaban J connectivity index is 1.92. The number of carbonyl (C=O) groups is 1. The average Bonchev–Trinajstić information content (AvgIpc) is 2.60. The van der Waals surface area contributed by atoms with Gasteiger partial charge in [0, 0.05) is 4.47 Å². The molecule has 2 atom stereocenters. The van der Waals surface area contributed by atoms with Gasteiger partial charge in [0.25, 0.3) is 0 Å². The van der Waals surface area contributed by atoms with Crippen molar-refractivity contribution in [2.75, 3.05) is 13.2 Å². The van der Waals surface area contributed by atoms with Crippen LogP contribution in [0.4, 0.5) is 0 Å². The molecule has 80 valence electrons. The molecular formula is C10H8Br2O2S. The maximum absolute atomic E-state index is 12.3. The van der Waals surface area contributed by atoms with Crippen molar-refractivity contribution in [3.8, 4) is 0 Å². The molecule has 15 heavy (non-hydrogen) atoms. The van der Waals surface area contributed by atoms with E-state index in [1.807, 2.05) is 6.07 Å². The molecule has 2 unspecified atom stereocenters. The average molecular weight is 352 g/mol. The molecule has 2 nitrogen and oxygen atoms in total. The van der Waals surface area contributed by atoms with E-state index in [0.29, 0.717) is 12.5 Å². The quantitative estimate of drug-likeness (QED) is 0.762. The second-order valence-electron chi connectivity index (χ2n) is 4.13. The Morgan fingerprint density at radius 2 is 2.40 bits per heavy atom. The molecule has 2 aliphatic rings. The lowest BCUT2D eigenvalue weighted by Gasteiger charge is -2.06. The van der Waals surface area contributed by atoms with Crippen LogP contribution in [-0.2, 0) is 4.74 Å². The SMILES string of the molecule is O=C(c1cc(Br)c(Br)s1)C12COCC1C2. The summed E-state index contributed by atoms with van der Waals surface area (Å²) in [4.78, 5) is 13.1. The predicted octanol–water partition coefficient (Wildman–Crippen LogP) is 3.49. The second kappa shape index (κ2) is 3.39. The number of ketones is 1. The fourth-order valence-electron chi connectivity index (χ4n) is 2.21. The fourth-order valence-corrected chi connectivity index (χ4v) is 4.29. The highest BCUT2D eigenvalue weighted by Crippen LogP contribution is 2.59. The van der Waals surface area contributed by atoms with Gasteiger partial charge in [0.1, 0.15) is 0 Å². The van der Waals surface area contributed by atoms with Gasteiger partial charge in [-0.3, -0.25) is 4.79 Å². The second-order valence-corrected chi connectivity index (χ2v) is 7.36. The van der Waals surface area contributed by atoms with E-state index in [1.165, 1.54) is 11.3 Å². The maximum Gasteiger partial charge on any atom is 0.181 e. The van der Waals surface area contributed by atoms with Crippen molar-refractivity contribution >= 4 is 49.0 Å². The summed E-state index contributed by atoms with van der Waals surface area (Å²) in [5.41, 5.74) is -0.163. The van der Waals surface area contributed by atoms with E-state index in [4.69, 9.17) is 4.74 Å². The monoisotopic (exact) mass is 350 g/mol. The largest absolute Gasteiger partial charge is 0.380 e. The number of rotatable bonds is 2. The molecule has 0 radical (unpaired) electrons. The number of fused-ring (bicyclic) bond motifs is 1. The van der Waals surface area contributed by atoms with Crippen LogP contribution < -0.4 is 0 Å². The van der Waals surface area contributed by atoms with Crippen molar-refractivity contribution < 1.29 is 9.53 Å². The van der Waals surface area contributed by atoms with Gasteiger partial charge in [-0.05, 0) is 50.3 Å². The molecular weight excluding hydrogens is 344 g/mol. The summed E-state index contributed by atoms with van der Waals surface area (Å²) in [6.45, 7) is 1.38. The Hall–Kier alpha value is 0.290. The van der Waals surface area contributed by atoms with Crippen LogP contribution in [0, 0.1) is 11.3 Å². The van der Waals surface area contributed by atoms with E-state index in [-0.39, 0.29) is 11.2 Å². The van der Waals surface area contributed by atoms with Crippen LogP contribution in [0.5, 0.6) is 0 Å². The molecule has 1 saturated heterocycles. The molecule has 0 amide bonds. The zero-order valence-corrected chi connectivity index (χ0v) is 11.7. The van der Waals surface area contributed by atoms with Crippen molar-refractivity contribution in [2.24, 2.45) is 11.3 Å². The Bertz CT molecular complexity index is 423. The highest BCUT2D eigenvalue weighted by Gasteiger charge is 2.63.